The largest absolute Gasteiger partial charge is 0.382 e. The first-order valence-corrected chi connectivity index (χ1v) is 3.16. The standard InChI is InChI=1S/C7H15NO/c1-6(2)8-7(3)5-9-4/h7H,5H2,1-4H3. The number of hydrogen-bond donors (Lipinski definition) is 0. The van der Waals surface area contributed by atoms with E-state index in [9.17, 15) is 0 Å². The Kier molecular flexibility index (Phi) is 4.32. The lowest BCUT2D eigenvalue weighted by Gasteiger charge is -2.03. The van der Waals surface area contributed by atoms with E-state index in [1.807, 2.05) is 20.8 Å². The van der Waals surface area contributed by atoms with Crippen LogP contribution < -0.4 is 0 Å². The highest BCUT2D eigenvalue weighted by atomic mass is 16.5. The molecule has 0 aliphatic carbocycles. The molecule has 0 aliphatic rings. The van der Waals surface area contributed by atoms with E-state index >= 15 is 0 Å². The Labute approximate surface area is 56.9 Å². The normalized spacial score (nSPS) is 12.9. The van der Waals surface area contributed by atoms with Crippen LogP contribution in [0.2, 0.25) is 0 Å². The number of rotatable bonds is 3. The fraction of sp³-hybridized carbons (Fsp3) is 0.857. The zero-order valence-electron chi connectivity index (χ0n) is 6.64. The van der Waals surface area contributed by atoms with E-state index in [4.69, 9.17) is 4.74 Å². The second kappa shape index (κ2) is 4.50. The SMILES string of the molecule is COCC(C)N=C(C)C. The summed E-state index contributed by atoms with van der Waals surface area (Å²) >= 11 is 0. The van der Waals surface area contributed by atoms with Crippen molar-refractivity contribution < 1.29 is 4.74 Å². The molecule has 0 heterocycles. The van der Waals surface area contributed by atoms with E-state index in [2.05, 4.69) is 4.99 Å². The summed E-state index contributed by atoms with van der Waals surface area (Å²) < 4.78 is 4.90. The first kappa shape index (κ1) is 8.63. The highest BCUT2D eigenvalue weighted by Crippen LogP contribution is 1.90. The molecule has 0 aliphatic heterocycles. The van der Waals surface area contributed by atoms with E-state index < -0.39 is 0 Å². The van der Waals surface area contributed by atoms with E-state index in [-0.39, 0.29) is 0 Å². The summed E-state index contributed by atoms with van der Waals surface area (Å²) in [4.78, 5) is 4.26. The quantitative estimate of drug-likeness (QED) is 0.529. The van der Waals surface area contributed by atoms with Gasteiger partial charge >= 0.3 is 0 Å². The van der Waals surface area contributed by atoms with Gasteiger partial charge in [0.15, 0.2) is 0 Å². The third-order valence-corrected chi connectivity index (χ3v) is 0.886. The molecule has 9 heavy (non-hydrogen) atoms. The predicted molar refractivity (Wildman–Crippen MR) is 40.1 cm³/mol. The summed E-state index contributed by atoms with van der Waals surface area (Å²) in [5, 5.41) is 0. The summed E-state index contributed by atoms with van der Waals surface area (Å²) in [6, 6.07) is 0.306. The van der Waals surface area contributed by atoms with E-state index in [1.165, 1.54) is 0 Å². The molecule has 0 saturated heterocycles. The highest BCUT2D eigenvalue weighted by molar-refractivity contribution is 5.79. The van der Waals surface area contributed by atoms with Crippen LogP contribution in [0, 0.1) is 0 Å². The summed E-state index contributed by atoms with van der Waals surface area (Å²) in [5.74, 6) is 0. The number of nitrogens with zero attached hydrogens (tertiary/aromatic N) is 1. The maximum Gasteiger partial charge on any atom is 0.0703 e. The lowest BCUT2D eigenvalue weighted by atomic mass is 10.3. The molecule has 2 nitrogen and oxygen atoms in total. The molecule has 54 valence electrons. The second-order valence-electron chi connectivity index (χ2n) is 2.38. The molecule has 2 heteroatoms. The molecule has 1 unspecified atom stereocenters. The topological polar surface area (TPSA) is 21.6 Å². The van der Waals surface area contributed by atoms with E-state index in [1.54, 1.807) is 7.11 Å². The van der Waals surface area contributed by atoms with Crippen molar-refractivity contribution in [1.29, 1.82) is 0 Å². The minimum absolute atomic E-state index is 0.306. The van der Waals surface area contributed by atoms with Crippen molar-refractivity contribution in [1.82, 2.24) is 0 Å². The highest BCUT2D eigenvalue weighted by Gasteiger charge is 1.94. The summed E-state index contributed by atoms with van der Waals surface area (Å²) in [5.41, 5.74) is 1.11. The van der Waals surface area contributed by atoms with Crippen molar-refractivity contribution in [3.63, 3.8) is 0 Å². The molecule has 0 radical (unpaired) electrons. The third-order valence-electron chi connectivity index (χ3n) is 0.886. The van der Waals surface area contributed by atoms with Crippen LogP contribution in [0.5, 0.6) is 0 Å². The van der Waals surface area contributed by atoms with Crippen molar-refractivity contribution >= 4 is 5.71 Å². The Morgan fingerprint density at radius 1 is 1.56 bits per heavy atom. The number of aliphatic imine (C=N–C) groups is 1. The van der Waals surface area contributed by atoms with E-state index in [0.717, 1.165) is 5.71 Å². The summed E-state index contributed by atoms with van der Waals surface area (Å²) in [7, 11) is 1.69. The lowest BCUT2D eigenvalue weighted by Crippen LogP contribution is -2.08. The van der Waals surface area contributed by atoms with Crippen LogP contribution in [0.4, 0.5) is 0 Å². The molecule has 0 fully saturated rings. The summed E-state index contributed by atoms with van der Waals surface area (Å²) in [6.07, 6.45) is 0. The van der Waals surface area contributed by atoms with Crippen molar-refractivity contribution in [2.24, 2.45) is 4.99 Å². The maximum atomic E-state index is 4.90. The van der Waals surface area contributed by atoms with Crippen LogP contribution in [0.15, 0.2) is 4.99 Å². The van der Waals surface area contributed by atoms with Crippen LogP contribution in [0.25, 0.3) is 0 Å². The zero-order valence-corrected chi connectivity index (χ0v) is 6.64. The minimum Gasteiger partial charge on any atom is -0.382 e. The monoisotopic (exact) mass is 129 g/mol. The van der Waals surface area contributed by atoms with Gasteiger partial charge < -0.3 is 4.74 Å². The fourth-order valence-electron chi connectivity index (χ4n) is 0.719. The van der Waals surface area contributed by atoms with Crippen LogP contribution in [-0.4, -0.2) is 25.5 Å². The smallest absolute Gasteiger partial charge is 0.0703 e. The van der Waals surface area contributed by atoms with Gasteiger partial charge in [-0.3, -0.25) is 4.99 Å². The van der Waals surface area contributed by atoms with Crippen molar-refractivity contribution in [3.05, 3.63) is 0 Å². The van der Waals surface area contributed by atoms with Gasteiger partial charge in [-0.1, -0.05) is 0 Å². The average Bonchev–Trinajstić information content (AvgIpc) is 1.63. The van der Waals surface area contributed by atoms with Crippen molar-refractivity contribution in [2.75, 3.05) is 13.7 Å². The van der Waals surface area contributed by atoms with Gasteiger partial charge in [-0.25, -0.2) is 0 Å². The molecule has 0 amide bonds. The lowest BCUT2D eigenvalue weighted by molar-refractivity contribution is 0.186. The molecular formula is C7H15NO. The molecule has 0 spiro atoms. The zero-order chi connectivity index (χ0) is 7.28. The fourth-order valence-corrected chi connectivity index (χ4v) is 0.719. The minimum atomic E-state index is 0.306. The van der Waals surface area contributed by atoms with Crippen LogP contribution in [0.3, 0.4) is 0 Å². The molecule has 0 rings (SSSR count). The maximum absolute atomic E-state index is 4.90. The van der Waals surface area contributed by atoms with Crippen LogP contribution >= 0.6 is 0 Å². The number of ether oxygens (including phenoxy) is 1. The molecule has 0 bridgehead atoms. The Balaban J connectivity index is 3.49. The Hall–Kier alpha value is -0.370. The van der Waals surface area contributed by atoms with Gasteiger partial charge in [0, 0.05) is 12.8 Å². The number of hydrogen-bond acceptors (Lipinski definition) is 2. The van der Waals surface area contributed by atoms with Gasteiger partial charge in [0.25, 0.3) is 0 Å². The molecule has 0 aromatic rings. The van der Waals surface area contributed by atoms with Crippen LogP contribution in [-0.2, 0) is 4.74 Å². The molecular weight excluding hydrogens is 114 g/mol. The van der Waals surface area contributed by atoms with Gasteiger partial charge in [0.05, 0.1) is 12.6 Å². The molecule has 1 atom stereocenters. The van der Waals surface area contributed by atoms with Crippen molar-refractivity contribution in [2.45, 2.75) is 26.8 Å². The molecule has 0 aromatic carbocycles. The predicted octanol–water partition coefficient (Wildman–Crippen LogP) is 1.50. The Bertz CT molecular complexity index is 95.1. The van der Waals surface area contributed by atoms with Crippen molar-refractivity contribution in [3.8, 4) is 0 Å². The average molecular weight is 129 g/mol. The van der Waals surface area contributed by atoms with Gasteiger partial charge in [0.2, 0.25) is 0 Å². The second-order valence-corrected chi connectivity index (χ2v) is 2.38. The Morgan fingerprint density at radius 3 is 2.44 bits per heavy atom. The van der Waals surface area contributed by atoms with Gasteiger partial charge in [-0.15, -0.1) is 0 Å². The van der Waals surface area contributed by atoms with Gasteiger partial charge in [-0.05, 0) is 20.8 Å². The molecule has 0 aromatic heterocycles. The third kappa shape index (κ3) is 5.50. The first-order valence-electron chi connectivity index (χ1n) is 3.16. The molecule has 0 N–H and O–H groups in total. The molecule has 0 saturated carbocycles. The Morgan fingerprint density at radius 2 is 2.11 bits per heavy atom. The summed E-state index contributed by atoms with van der Waals surface area (Å²) in [6.45, 7) is 6.74. The van der Waals surface area contributed by atoms with Gasteiger partial charge in [0.1, 0.15) is 0 Å². The van der Waals surface area contributed by atoms with Gasteiger partial charge in [-0.2, -0.15) is 0 Å². The van der Waals surface area contributed by atoms with E-state index in [0.29, 0.717) is 12.6 Å². The number of methoxy groups -OCH3 is 1. The van der Waals surface area contributed by atoms with Crippen LogP contribution in [0.1, 0.15) is 20.8 Å². The first-order chi connectivity index (χ1) is 4.16.